The highest BCUT2D eigenvalue weighted by molar-refractivity contribution is 7.23. The number of aromatic nitrogens is 2. The molecule has 0 bridgehead atoms. The summed E-state index contributed by atoms with van der Waals surface area (Å²) in [7, 11) is 0. The number of benzene rings is 2. The van der Waals surface area contributed by atoms with Crippen molar-refractivity contribution in [2.24, 2.45) is 0 Å². The Labute approximate surface area is 180 Å². The van der Waals surface area contributed by atoms with Gasteiger partial charge in [0.05, 0.1) is 15.9 Å². The van der Waals surface area contributed by atoms with Gasteiger partial charge >= 0.3 is 0 Å². The van der Waals surface area contributed by atoms with Gasteiger partial charge in [-0.1, -0.05) is 35.1 Å². The van der Waals surface area contributed by atoms with Gasteiger partial charge in [0.25, 0.3) is 5.91 Å². The number of aryl methyl sites for hydroxylation is 1. The minimum atomic E-state index is 0.00446. The predicted molar refractivity (Wildman–Crippen MR) is 123 cm³/mol. The number of likely N-dealkylation sites (tertiary alicyclic amines) is 1. The zero-order valence-corrected chi connectivity index (χ0v) is 18.0. The summed E-state index contributed by atoms with van der Waals surface area (Å²) in [5.74, 6) is 0.00446. The van der Waals surface area contributed by atoms with Crippen LogP contribution in [0.15, 0.2) is 48.7 Å². The summed E-state index contributed by atoms with van der Waals surface area (Å²) in [6, 6.07) is 14.3. The first-order chi connectivity index (χ1) is 14.7. The van der Waals surface area contributed by atoms with Crippen LogP contribution in [-0.2, 0) is 0 Å². The third-order valence-corrected chi connectivity index (χ3v) is 6.82. The molecule has 5 nitrogen and oxygen atoms in total. The molecule has 1 amide bonds. The highest BCUT2D eigenvalue weighted by Crippen LogP contribution is 2.30. The summed E-state index contributed by atoms with van der Waals surface area (Å²) in [6.07, 6.45) is 5.70. The summed E-state index contributed by atoms with van der Waals surface area (Å²) in [4.78, 5) is 20.8. The molecule has 2 aromatic heterocycles. The largest absolute Gasteiger partial charge is 0.352 e. The van der Waals surface area contributed by atoms with Gasteiger partial charge < -0.3 is 10.2 Å². The molecule has 0 unspecified atom stereocenters. The fraction of sp³-hybridized carbons (Fsp3) is 0.333. The number of carbonyl (C=O) groups is 1. The maximum atomic E-state index is 12.6. The molecular formula is C24H26N4OS. The molecule has 30 heavy (non-hydrogen) atoms. The minimum absolute atomic E-state index is 0.00446. The quantitative estimate of drug-likeness (QED) is 0.460. The van der Waals surface area contributed by atoms with Gasteiger partial charge in [-0.15, -0.1) is 0 Å². The van der Waals surface area contributed by atoms with E-state index in [9.17, 15) is 4.79 Å². The molecule has 1 aliphatic rings. The summed E-state index contributed by atoms with van der Waals surface area (Å²) in [5, 5.41) is 3.07. The standard InChI is InChI=1S/C24H26N4OS/c1-17-6-4-7-18(14-17)20-16-28-21-9-8-19(15-22(21)30-24(28)26-20)23(29)25-10-5-13-27-11-2-3-12-27/h4,6-9,14-16H,2-3,5,10-13H2,1H3,(H,25,29). The number of amides is 1. The Hall–Kier alpha value is -2.70. The van der Waals surface area contributed by atoms with Crippen LogP contribution in [0.25, 0.3) is 26.4 Å². The average Bonchev–Trinajstić information content (AvgIpc) is 3.47. The Morgan fingerprint density at radius 3 is 2.87 bits per heavy atom. The number of imidazole rings is 1. The van der Waals surface area contributed by atoms with Gasteiger partial charge in [-0.2, -0.15) is 0 Å². The van der Waals surface area contributed by atoms with Crippen molar-refractivity contribution in [2.45, 2.75) is 26.2 Å². The normalized spacial score (nSPS) is 14.7. The van der Waals surface area contributed by atoms with E-state index in [1.54, 1.807) is 11.3 Å². The van der Waals surface area contributed by atoms with E-state index in [1.165, 1.54) is 31.5 Å². The Kier molecular flexibility index (Phi) is 5.27. The lowest BCUT2D eigenvalue weighted by Crippen LogP contribution is -2.28. The molecule has 1 aliphatic heterocycles. The Balaban J connectivity index is 1.30. The fourth-order valence-electron chi connectivity index (χ4n) is 4.20. The molecule has 0 atom stereocenters. The predicted octanol–water partition coefficient (Wildman–Crippen LogP) is 4.74. The molecule has 2 aromatic carbocycles. The average molecular weight is 419 g/mol. The molecule has 1 fully saturated rings. The first kappa shape index (κ1) is 19.3. The Morgan fingerprint density at radius 1 is 1.17 bits per heavy atom. The topological polar surface area (TPSA) is 49.6 Å². The van der Waals surface area contributed by atoms with Gasteiger partial charge in [-0.05, 0) is 70.1 Å². The molecule has 0 radical (unpaired) electrons. The molecule has 0 aliphatic carbocycles. The van der Waals surface area contributed by atoms with Crippen molar-refractivity contribution in [1.82, 2.24) is 19.6 Å². The smallest absolute Gasteiger partial charge is 0.251 e. The molecular weight excluding hydrogens is 392 g/mol. The first-order valence-electron chi connectivity index (χ1n) is 10.7. The Bertz CT molecular complexity index is 1200. The van der Waals surface area contributed by atoms with Crippen molar-refractivity contribution >= 4 is 32.4 Å². The zero-order valence-electron chi connectivity index (χ0n) is 17.2. The van der Waals surface area contributed by atoms with E-state index in [-0.39, 0.29) is 5.91 Å². The summed E-state index contributed by atoms with van der Waals surface area (Å²) < 4.78 is 3.20. The minimum Gasteiger partial charge on any atom is -0.352 e. The summed E-state index contributed by atoms with van der Waals surface area (Å²) in [5.41, 5.74) is 5.14. The van der Waals surface area contributed by atoms with Gasteiger partial charge in [0, 0.05) is 23.9 Å². The van der Waals surface area contributed by atoms with E-state index in [0.717, 1.165) is 45.9 Å². The van der Waals surface area contributed by atoms with E-state index in [4.69, 9.17) is 4.98 Å². The monoisotopic (exact) mass is 418 g/mol. The zero-order chi connectivity index (χ0) is 20.5. The van der Waals surface area contributed by atoms with Crippen LogP contribution in [-0.4, -0.2) is 46.4 Å². The highest BCUT2D eigenvalue weighted by atomic mass is 32.1. The number of nitrogens with zero attached hydrogens (tertiary/aromatic N) is 3. The van der Waals surface area contributed by atoms with Crippen LogP contribution in [0.1, 0.15) is 35.2 Å². The third kappa shape index (κ3) is 3.85. The maximum Gasteiger partial charge on any atom is 0.251 e. The molecule has 154 valence electrons. The number of nitrogens with one attached hydrogen (secondary N) is 1. The van der Waals surface area contributed by atoms with Gasteiger partial charge in [0.2, 0.25) is 0 Å². The lowest BCUT2D eigenvalue weighted by Gasteiger charge is -2.14. The van der Waals surface area contributed by atoms with Gasteiger partial charge in [0.15, 0.2) is 4.96 Å². The number of carbonyl (C=O) groups excluding carboxylic acids is 1. The van der Waals surface area contributed by atoms with E-state index >= 15 is 0 Å². The van der Waals surface area contributed by atoms with Crippen LogP contribution >= 0.6 is 11.3 Å². The van der Waals surface area contributed by atoms with Crippen LogP contribution in [0.3, 0.4) is 0 Å². The number of fused-ring (bicyclic) bond motifs is 3. The number of hydrogen-bond donors (Lipinski definition) is 1. The van der Waals surface area contributed by atoms with E-state index < -0.39 is 0 Å². The van der Waals surface area contributed by atoms with E-state index in [2.05, 4.69) is 52.0 Å². The van der Waals surface area contributed by atoms with Crippen molar-refractivity contribution in [3.63, 3.8) is 0 Å². The molecule has 4 aromatic rings. The second-order valence-corrected chi connectivity index (χ2v) is 9.10. The molecule has 0 saturated carbocycles. The fourth-order valence-corrected chi connectivity index (χ4v) is 5.25. The second-order valence-electron chi connectivity index (χ2n) is 8.09. The van der Waals surface area contributed by atoms with Crippen molar-refractivity contribution < 1.29 is 4.79 Å². The van der Waals surface area contributed by atoms with Crippen LogP contribution < -0.4 is 5.32 Å². The third-order valence-electron chi connectivity index (χ3n) is 5.81. The van der Waals surface area contributed by atoms with E-state index in [0.29, 0.717) is 5.56 Å². The summed E-state index contributed by atoms with van der Waals surface area (Å²) >= 11 is 1.62. The number of rotatable bonds is 6. The Morgan fingerprint density at radius 2 is 2.03 bits per heavy atom. The lowest BCUT2D eigenvalue weighted by atomic mass is 10.1. The molecule has 6 heteroatoms. The number of thiazole rings is 1. The molecule has 5 rings (SSSR count). The maximum absolute atomic E-state index is 12.6. The van der Waals surface area contributed by atoms with Crippen LogP contribution in [0, 0.1) is 6.92 Å². The molecule has 0 spiro atoms. The molecule has 1 N–H and O–H groups in total. The highest BCUT2D eigenvalue weighted by Gasteiger charge is 2.14. The summed E-state index contributed by atoms with van der Waals surface area (Å²) in [6.45, 7) is 6.30. The van der Waals surface area contributed by atoms with Crippen molar-refractivity contribution in [3.8, 4) is 11.3 Å². The van der Waals surface area contributed by atoms with E-state index in [1.807, 2.05) is 18.2 Å². The van der Waals surface area contributed by atoms with Gasteiger partial charge in [-0.25, -0.2) is 4.98 Å². The van der Waals surface area contributed by atoms with Crippen molar-refractivity contribution in [3.05, 3.63) is 59.8 Å². The van der Waals surface area contributed by atoms with Crippen LogP contribution in [0.2, 0.25) is 0 Å². The molecule has 1 saturated heterocycles. The lowest BCUT2D eigenvalue weighted by molar-refractivity contribution is 0.0952. The molecule has 3 heterocycles. The van der Waals surface area contributed by atoms with Gasteiger partial charge in [0.1, 0.15) is 0 Å². The van der Waals surface area contributed by atoms with Crippen LogP contribution in [0.4, 0.5) is 0 Å². The van der Waals surface area contributed by atoms with Crippen molar-refractivity contribution in [1.29, 1.82) is 0 Å². The van der Waals surface area contributed by atoms with Crippen molar-refractivity contribution in [2.75, 3.05) is 26.2 Å². The van der Waals surface area contributed by atoms with Gasteiger partial charge in [-0.3, -0.25) is 9.20 Å². The second kappa shape index (κ2) is 8.20. The first-order valence-corrected chi connectivity index (χ1v) is 11.5. The SMILES string of the molecule is Cc1cccc(-c2cn3c(n2)sc2cc(C(=O)NCCCN4CCCC4)ccc23)c1. The van der Waals surface area contributed by atoms with Crippen LogP contribution in [0.5, 0.6) is 0 Å². The number of hydrogen-bond acceptors (Lipinski definition) is 4.